The molecule has 1 aliphatic rings. The van der Waals surface area contributed by atoms with Gasteiger partial charge in [-0.25, -0.2) is 9.59 Å². The molecule has 154 valence electrons. The third kappa shape index (κ3) is 4.33. The predicted molar refractivity (Wildman–Crippen MR) is 112 cm³/mol. The monoisotopic (exact) mass is 405 g/mol. The smallest absolute Gasteiger partial charge is 0.340 e. The van der Waals surface area contributed by atoms with E-state index in [4.69, 9.17) is 9.47 Å². The molecule has 0 bridgehead atoms. The second-order valence-corrected chi connectivity index (χ2v) is 6.82. The molecule has 3 rings (SSSR count). The lowest BCUT2D eigenvalue weighted by Gasteiger charge is -2.17. The van der Waals surface area contributed by atoms with E-state index in [0.717, 1.165) is 5.56 Å². The second kappa shape index (κ2) is 9.22. The zero-order valence-corrected chi connectivity index (χ0v) is 17.2. The van der Waals surface area contributed by atoms with Gasteiger partial charge >= 0.3 is 11.9 Å². The zero-order chi connectivity index (χ0) is 21.7. The van der Waals surface area contributed by atoms with Crippen molar-refractivity contribution >= 4 is 23.9 Å². The van der Waals surface area contributed by atoms with Crippen LogP contribution in [0.1, 0.15) is 28.4 Å². The van der Waals surface area contributed by atoms with Crippen LogP contribution in [0.15, 0.2) is 71.4 Å². The summed E-state index contributed by atoms with van der Waals surface area (Å²) in [5, 5.41) is 0. The van der Waals surface area contributed by atoms with Crippen molar-refractivity contribution in [2.75, 3.05) is 20.8 Å². The molecule has 1 amide bonds. The summed E-state index contributed by atoms with van der Waals surface area (Å²) in [6, 6.07) is 16.5. The highest BCUT2D eigenvalue weighted by molar-refractivity contribution is 6.16. The van der Waals surface area contributed by atoms with Gasteiger partial charge in [-0.15, -0.1) is 0 Å². The lowest BCUT2D eigenvalue weighted by Crippen LogP contribution is -2.27. The number of methoxy groups -OCH3 is 2. The van der Waals surface area contributed by atoms with Gasteiger partial charge in [-0.3, -0.25) is 4.79 Å². The maximum absolute atomic E-state index is 13.1. The Bertz CT molecular complexity index is 1020. The van der Waals surface area contributed by atoms with E-state index in [1.807, 2.05) is 30.3 Å². The number of amides is 1. The van der Waals surface area contributed by atoms with Gasteiger partial charge in [-0.05, 0) is 42.7 Å². The first-order valence-corrected chi connectivity index (χ1v) is 9.51. The largest absolute Gasteiger partial charge is 0.465 e. The zero-order valence-electron chi connectivity index (χ0n) is 17.2. The molecule has 0 aromatic heterocycles. The Balaban J connectivity index is 1.90. The Morgan fingerprint density at radius 1 is 0.933 bits per heavy atom. The van der Waals surface area contributed by atoms with E-state index in [1.165, 1.54) is 14.2 Å². The van der Waals surface area contributed by atoms with Crippen molar-refractivity contribution in [2.24, 2.45) is 0 Å². The normalized spacial score (nSPS) is 15.0. The maximum Gasteiger partial charge on any atom is 0.340 e. The van der Waals surface area contributed by atoms with Crippen LogP contribution in [0.5, 0.6) is 0 Å². The van der Waals surface area contributed by atoms with Gasteiger partial charge in [0.1, 0.15) is 0 Å². The summed E-state index contributed by atoms with van der Waals surface area (Å²) in [6.45, 7) is 2.20. The van der Waals surface area contributed by atoms with Crippen molar-refractivity contribution in [3.05, 3.63) is 88.1 Å². The molecule has 0 fully saturated rings. The quantitative estimate of drug-likeness (QED) is 0.544. The average Bonchev–Trinajstić information content (AvgIpc) is 3.01. The van der Waals surface area contributed by atoms with Gasteiger partial charge in [0.05, 0.1) is 30.9 Å². The molecule has 30 heavy (non-hydrogen) atoms. The summed E-state index contributed by atoms with van der Waals surface area (Å²) in [5.41, 5.74) is 3.30. The van der Waals surface area contributed by atoms with Gasteiger partial charge in [0, 0.05) is 12.2 Å². The molecular weight excluding hydrogens is 382 g/mol. The molecule has 2 aromatic rings. The maximum atomic E-state index is 13.1. The van der Waals surface area contributed by atoms with E-state index in [0.29, 0.717) is 29.8 Å². The fourth-order valence-corrected chi connectivity index (χ4v) is 3.38. The van der Waals surface area contributed by atoms with Gasteiger partial charge in [0.25, 0.3) is 5.91 Å². The highest BCUT2D eigenvalue weighted by Crippen LogP contribution is 2.31. The molecule has 6 nitrogen and oxygen atoms in total. The van der Waals surface area contributed by atoms with E-state index in [9.17, 15) is 14.4 Å². The summed E-state index contributed by atoms with van der Waals surface area (Å²) in [6.07, 6.45) is 2.31. The molecule has 0 saturated carbocycles. The predicted octanol–water partition coefficient (Wildman–Crippen LogP) is 3.39. The lowest BCUT2D eigenvalue weighted by molar-refractivity contribution is -0.136. The third-order valence-electron chi connectivity index (χ3n) is 5.01. The minimum atomic E-state index is -0.555. The molecule has 2 aromatic carbocycles. The Hall–Kier alpha value is -3.67. The summed E-state index contributed by atoms with van der Waals surface area (Å²) >= 11 is 0. The standard InChI is InChI=1S/C24H23NO5/c1-16-21(24(28)30-3)20(15-18-9-11-19(12-10-18)23(27)29-2)22(26)25(16)14-13-17-7-5-4-6-8-17/h4-12,15H,13-14H2,1-3H3/b20-15-. The number of allylic oxidation sites excluding steroid dienone is 1. The molecular formula is C24H23NO5. The number of esters is 2. The van der Waals surface area contributed by atoms with Crippen molar-refractivity contribution in [3.8, 4) is 0 Å². The Labute approximate surface area is 175 Å². The van der Waals surface area contributed by atoms with Crippen LogP contribution in [0.2, 0.25) is 0 Å². The number of hydrogen-bond donors (Lipinski definition) is 0. The van der Waals surface area contributed by atoms with E-state index >= 15 is 0 Å². The Kier molecular flexibility index (Phi) is 6.47. The van der Waals surface area contributed by atoms with Gasteiger partial charge in [0.15, 0.2) is 0 Å². The Morgan fingerprint density at radius 3 is 2.17 bits per heavy atom. The number of hydrogen-bond acceptors (Lipinski definition) is 5. The molecule has 0 aliphatic carbocycles. The van der Waals surface area contributed by atoms with Crippen LogP contribution in [-0.4, -0.2) is 43.5 Å². The number of rotatable bonds is 6. The average molecular weight is 405 g/mol. The first-order chi connectivity index (χ1) is 14.5. The number of carbonyl (C=O) groups is 3. The molecule has 1 aliphatic heterocycles. The van der Waals surface area contributed by atoms with Gasteiger partial charge in [0.2, 0.25) is 0 Å². The van der Waals surface area contributed by atoms with Crippen molar-refractivity contribution in [1.29, 1.82) is 0 Å². The molecule has 0 spiro atoms. The summed E-state index contributed by atoms with van der Waals surface area (Å²) < 4.78 is 9.62. The van der Waals surface area contributed by atoms with Crippen LogP contribution in [0.3, 0.4) is 0 Å². The highest BCUT2D eigenvalue weighted by Gasteiger charge is 2.36. The SMILES string of the molecule is COC(=O)C1=C(C)N(CCc2ccccc2)C(=O)/C1=C\c1ccc(C(=O)OC)cc1. The van der Waals surface area contributed by atoms with Crippen LogP contribution in [0.4, 0.5) is 0 Å². The first-order valence-electron chi connectivity index (χ1n) is 9.51. The molecule has 6 heteroatoms. The number of benzene rings is 2. The van der Waals surface area contributed by atoms with E-state index in [-0.39, 0.29) is 17.1 Å². The first kappa shape index (κ1) is 21.0. The van der Waals surface area contributed by atoms with Crippen molar-refractivity contribution in [2.45, 2.75) is 13.3 Å². The Morgan fingerprint density at radius 2 is 1.57 bits per heavy atom. The second-order valence-electron chi connectivity index (χ2n) is 6.82. The lowest BCUT2D eigenvalue weighted by atomic mass is 10.0. The van der Waals surface area contributed by atoms with E-state index in [2.05, 4.69) is 0 Å². The van der Waals surface area contributed by atoms with Gasteiger partial charge < -0.3 is 14.4 Å². The van der Waals surface area contributed by atoms with E-state index in [1.54, 1.807) is 42.2 Å². The molecule has 0 radical (unpaired) electrons. The van der Waals surface area contributed by atoms with Crippen LogP contribution in [-0.2, 0) is 25.5 Å². The highest BCUT2D eigenvalue weighted by atomic mass is 16.5. The number of nitrogens with zero attached hydrogens (tertiary/aromatic N) is 1. The minimum absolute atomic E-state index is 0.249. The molecule has 0 N–H and O–H groups in total. The third-order valence-corrected chi connectivity index (χ3v) is 5.01. The fourth-order valence-electron chi connectivity index (χ4n) is 3.38. The number of ether oxygens (including phenoxy) is 2. The van der Waals surface area contributed by atoms with Crippen LogP contribution >= 0.6 is 0 Å². The molecule has 1 heterocycles. The number of carbonyl (C=O) groups excluding carboxylic acids is 3. The fraction of sp³-hybridized carbons (Fsp3) is 0.208. The van der Waals surface area contributed by atoms with Crippen LogP contribution in [0.25, 0.3) is 6.08 Å². The van der Waals surface area contributed by atoms with Crippen molar-refractivity contribution in [3.63, 3.8) is 0 Å². The summed E-state index contributed by atoms with van der Waals surface area (Å²) in [7, 11) is 2.61. The van der Waals surface area contributed by atoms with Crippen LogP contribution in [0, 0.1) is 0 Å². The minimum Gasteiger partial charge on any atom is -0.465 e. The van der Waals surface area contributed by atoms with Crippen molar-refractivity contribution in [1.82, 2.24) is 4.90 Å². The van der Waals surface area contributed by atoms with Gasteiger partial charge in [-0.2, -0.15) is 0 Å². The summed E-state index contributed by atoms with van der Waals surface area (Å²) in [5.74, 6) is -1.24. The van der Waals surface area contributed by atoms with Crippen molar-refractivity contribution < 1.29 is 23.9 Å². The molecule has 0 saturated heterocycles. The topological polar surface area (TPSA) is 72.9 Å². The molecule has 0 atom stereocenters. The van der Waals surface area contributed by atoms with E-state index < -0.39 is 11.9 Å². The summed E-state index contributed by atoms with van der Waals surface area (Å²) in [4.78, 5) is 38.8. The van der Waals surface area contributed by atoms with Crippen LogP contribution < -0.4 is 0 Å². The van der Waals surface area contributed by atoms with Gasteiger partial charge in [-0.1, -0.05) is 42.5 Å². The molecule has 0 unspecified atom stereocenters.